The minimum Gasteiger partial charge on any atom is -0.465 e. The summed E-state index contributed by atoms with van der Waals surface area (Å²) in [5.74, 6) is 0.885. The van der Waals surface area contributed by atoms with E-state index >= 15 is 0 Å². The maximum Gasteiger partial charge on any atom is 0.306 e. The fourth-order valence-corrected chi connectivity index (χ4v) is 4.16. The third kappa shape index (κ3) is 17.7. The lowest BCUT2D eigenvalue weighted by atomic mass is 9.82. The van der Waals surface area contributed by atoms with Gasteiger partial charge in [-0.25, -0.2) is 0 Å². The minimum atomic E-state index is -0.448. The summed E-state index contributed by atoms with van der Waals surface area (Å²) in [4.78, 5) is 12.5. The molecule has 2 unspecified atom stereocenters. The first-order chi connectivity index (χ1) is 15.4. The van der Waals surface area contributed by atoms with E-state index in [0.29, 0.717) is 30.8 Å². The molecule has 0 heterocycles. The lowest BCUT2D eigenvalue weighted by Gasteiger charge is -2.30. The summed E-state index contributed by atoms with van der Waals surface area (Å²) in [6, 6.07) is 0. The molecule has 0 bridgehead atoms. The van der Waals surface area contributed by atoms with E-state index in [9.17, 15) is 9.90 Å². The predicted octanol–water partition coefficient (Wildman–Crippen LogP) is 8.43. The van der Waals surface area contributed by atoms with E-state index in [0.717, 1.165) is 44.9 Å². The highest BCUT2D eigenvalue weighted by Crippen LogP contribution is 2.27. The molecule has 0 aromatic carbocycles. The molecule has 0 aliphatic heterocycles. The van der Waals surface area contributed by atoms with Gasteiger partial charge in [0.25, 0.3) is 0 Å². The maximum atomic E-state index is 12.5. The van der Waals surface area contributed by atoms with Crippen LogP contribution in [0.25, 0.3) is 0 Å². The average molecular weight is 463 g/mol. The van der Waals surface area contributed by atoms with Crippen LogP contribution >= 0.6 is 0 Å². The number of hydrogen-bond donors (Lipinski definition) is 1. The third-order valence-electron chi connectivity index (χ3n) is 6.42. The Labute approximate surface area is 205 Å². The van der Waals surface area contributed by atoms with E-state index in [4.69, 9.17) is 4.74 Å². The lowest BCUT2D eigenvalue weighted by molar-refractivity contribution is -0.148. The molecule has 0 aliphatic rings. The van der Waals surface area contributed by atoms with Crippen molar-refractivity contribution in [3.8, 4) is 0 Å². The summed E-state index contributed by atoms with van der Waals surface area (Å²) in [6.45, 7) is 19.5. The standard InChI is InChI=1S/C30H54O3/c1-22(2)13-10-16-25(7)19-29(31)28(27(9)18-12-15-24(5)6)21-33-30(32)20-26(8)17-11-14-23(3)4/h13-15,25-29,31H,10-12,16-21H2,1-9H3/t25-,26-,27-,28?,29?/m1/s1. The molecule has 3 heteroatoms. The molecule has 192 valence electrons. The quantitative estimate of drug-likeness (QED) is 0.174. The van der Waals surface area contributed by atoms with Crippen LogP contribution in [-0.4, -0.2) is 23.8 Å². The van der Waals surface area contributed by atoms with Gasteiger partial charge in [0.2, 0.25) is 0 Å². The normalized spacial score (nSPS) is 15.6. The van der Waals surface area contributed by atoms with Gasteiger partial charge in [0.1, 0.15) is 0 Å². The fraction of sp³-hybridized carbons (Fsp3) is 0.767. The van der Waals surface area contributed by atoms with Gasteiger partial charge in [0.05, 0.1) is 12.7 Å². The van der Waals surface area contributed by atoms with Crippen LogP contribution in [0.2, 0.25) is 0 Å². The van der Waals surface area contributed by atoms with E-state index in [-0.39, 0.29) is 11.9 Å². The number of aliphatic hydroxyl groups excluding tert-OH is 1. The highest BCUT2D eigenvalue weighted by molar-refractivity contribution is 5.69. The molecule has 0 aliphatic carbocycles. The average Bonchev–Trinajstić information content (AvgIpc) is 2.67. The Morgan fingerprint density at radius 2 is 1.21 bits per heavy atom. The smallest absolute Gasteiger partial charge is 0.306 e. The van der Waals surface area contributed by atoms with Gasteiger partial charge in [-0.1, -0.05) is 55.7 Å². The Morgan fingerprint density at radius 3 is 1.70 bits per heavy atom. The van der Waals surface area contributed by atoms with Gasteiger partial charge in [-0.2, -0.15) is 0 Å². The number of rotatable bonds is 17. The van der Waals surface area contributed by atoms with Crippen molar-refractivity contribution in [2.24, 2.45) is 23.7 Å². The van der Waals surface area contributed by atoms with Crippen LogP contribution in [0.1, 0.15) is 114 Å². The molecule has 1 N–H and O–H groups in total. The molecule has 0 amide bonds. The van der Waals surface area contributed by atoms with E-state index in [1.807, 2.05) is 0 Å². The van der Waals surface area contributed by atoms with Gasteiger partial charge in [-0.15, -0.1) is 0 Å². The molecule has 5 atom stereocenters. The van der Waals surface area contributed by atoms with Crippen LogP contribution in [0.15, 0.2) is 34.9 Å². The molecule has 0 fully saturated rings. The summed E-state index contributed by atoms with van der Waals surface area (Å²) < 4.78 is 5.73. The summed E-state index contributed by atoms with van der Waals surface area (Å²) in [6.07, 6.45) is 13.6. The number of hydrogen-bond acceptors (Lipinski definition) is 3. The predicted molar refractivity (Wildman–Crippen MR) is 143 cm³/mol. The number of ether oxygens (including phenoxy) is 1. The zero-order valence-electron chi connectivity index (χ0n) is 23.2. The van der Waals surface area contributed by atoms with E-state index in [2.05, 4.69) is 80.5 Å². The molecule has 33 heavy (non-hydrogen) atoms. The number of carbonyl (C=O) groups is 1. The molecular weight excluding hydrogens is 408 g/mol. The van der Waals surface area contributed by atoms with Crippen LogP contribution < -0.4 is 0 Å². The number of carbonyl (C=O) groups excluding carboxylic acids is 1. The first-order valence-electron chi connectivity index (χ1n) is 13.2. The van der Waals surface area contributed by atoms with Gasteiger partial charge >= 0.3 is 5.97 Å². The molecule has 0 aromatic heterocycles. The van der Waals surface area contributed by atoms with Crippen molar-refractivity contribution in [2.45, 2.75) is 120 Å². The Kier molecular flexibility index (Phi) is 17.3. The second-order valence-electron chi connectivity index (χ2n) is 11.1. The number of allylic oxidation sites excluding steroid dienone is 6. The highest BCUT2D eigenvalue weighted by Gasteiger charge is 2.28. The van der Waals surface area contributed by atoms with Crippen molar-refractivity contribution >= 4 is 5.97 Å². The van der Waals surface area contributed by atoms with Crippen molar-refractivity contribution in [3.05, 3.63) is 34.9 Å². The van der Waals surface area contributed by atoms with Gasteiger partial charge in [-0.05, 0) is 104 Å². The largest absolute Gasteiger partial charge is 0.465 e. The Bertz CT molecular complexity index is 616. The molecule has 0 aromatic rings. The Balaban J connectivity index is 4.90. The number of aliphatic hydroxyl groups is 1. The van der Waals surface area contributed by atoms with Crippen molar-refractivity contribution in [1.82, 2.24) is 0 Å². The third-order valence-corrected chi connectivity index (χ3v) is 6.42. The zero-order chi connectivity index (χ0) is 25.4. The second kappa shape index (κ2) is 18.0. The topological polar surface area (TPSA) is 46.5 Å². The van der Waals surface area contributed by atoms with Crippen molar-refractivity contribution in [3.63, 3.8) is 0 Å². The molecular formula is C30H54O3. The van der Waals surface area contributed by atoms with E-state index in [1.54, 1.807) is 0 Å². The molecule has 0 spiro atoms. The van der Waals surface area contributed by atoms with E-state index < -0.39 is 6.10 Å². The Hall–Kier alpha value is -1.35. The van der Waals surface area contributed by atoms with Crippen molar-refractivity contribution < 1.29 is 14.6 Å². The van der Waals surface area contributed by atoms with Crippen LogP contribution in [0.3, 0.4) is 0 Å². The summed E-state index contributed by atoms with van der Waals surface area (Å²) in [5, 5.41) is 11.1. The molecule has 3 nitrogen and oxygen atoms in total. The summed E-state index contributed by atoms with van der Waals surface area (Å²) in [7, 11) is 0. The van der Waals surface area contributed by atoms with Crippen LogP contribution in [0.5, 0.6) is 0 Å². The molecule has 0 saturated heterocycles. The molecule has 0 saturated carbocycles. The summed E-state index contributed by atoms with van der Waals surface area (Å²) >= 11 is 0. The van der Waals surface area contributed by atoms with Gasteiger partial charge < -0.3 is 9.84 Å². The van der Waals surface area contributed by atoms with Crippen LogP contribution in [-0.2, 0) is 9.53 Å². The first-order valence-corrected chi connectivity index (χ1v) is 13.2. The molecule has 0 rings (SSSR count). The second-order valence-corrected chi connectivity index (χ2v) is 11.1. The van der Waals surface area contributed by atoms with Crippen molar-refractivity contribution in [2.75, 3.05) is 6.61 Å². The van der Waals surface area contributed by atoms with Crippen molar-refractivity contribution in [1.29, 1.82) is 0 Å². The molecule has 0 radical (unpaired) electrons. The monoisotopic (exact) mass is 462 g/mol. The van der Waals surface area contributed by atoms with Gasteiger partial charge in [-0.3, -0.25) is 4.79 Å². The first kappa shape index (κ1) is 31.6. The van der Waals surface area contributed by atoms with Crippen LogP contribution in [0, 0.1) is 23.7 Å². The minimum absolute atomic E-state index is 0.0219. The zero-order valence-corrected chi connectivity index (χ0v) is 23.2. The van der Waals surface area contributed by atoms with Crippen LogP contribution in [0.4, 0.5) is 0 Å². The SMILES string of the molecule is CC(C)=CCC[C@@H](C)CC(=O)OCC(C(O)C[C@H](C)CCC=C(C)C)[C@H](C)CCC=C(C)C. The summed E-state index contributed by atoms with van der Waals surface area (Å²) in [5.41, 5.74) is 3.98. The lowest BCUT2D eigenvalue weighted by Crippen LogP contribution is -2.33. The van der Waals surface area contributed by atoms with Gasteiger partial charge in [0.15, 0.2) is 0 Å². The number of esters is 1. The fourth-order valence-electron chi connectivity index (χ4n) is 4.16. The Morgan fingerprint density at radius 1 is 0.758 bits per heavy atom. The highest BCUT2D eigenvalue weighted by atomic mass is 16.5. The van der Waals surface area contributed by atoms with Gasteiger partial charge in [0, 0.05) is 12.3 Å². The maximum absolute atomic E-state index is 12.5. The van der Waals surface area contributed by atoms with E-state index in [1.165, 1.54) is 16.7 Å².